The van der Waals surface area contributed by atoms with E-state index >= 15 is 0 Å². The molecule has 3 fully saturated rings. The molecule has 2 atom stereocenters. The second kappa shape index (κ2) is 5.00. The molecule has 3 amide bonds. The Hall–Kier alpha value is -1.14. The van der Waals surface area contributed by atoms with Gasteiger partial charge in [0.05, 0.1) is 6.10 Å². The maximum Gasteiger partial charge on any atom is 0.325 e. The van der Waals surface area contributed by atoms with E-state index in [0.29, 0.717) is 19.1 Å². The Kier molecular flexibility index (Phi) is 3.46. The van der Waals surface area contributed by atoms with Crippen LogP contribution in [0.15, 0.2) is 0 Å². The molecular formula is C14H23N3O3. The predicted molar refractivity (Wildman–Crippen MR) is 73.3 cm³/mol. The van der Waals surface area contributed by atoms with Crippen LogP contribution in [0.25, 0.3) is 0 Å². The van der Waals surface area contributed by atoms with Crippen LogP contribution in [-0.2, 0) is 9.53 Å². The summed E-state index contributed by atoms with van der Waals surface area (Å²) in [4.78, 5) is 28.1. The van der Waals surface area contributed by atoms with E-state index in [0.717, 1.165) is 32.5 Å². The van der Waals surface area contributed by atoms with Crippen molar-refractivity contribution in [2.24, 2.45) is 0 Å². The Morgan fingerprint density at radius 1 is 1.45 bits per heavy atom. The molecule has 3 rings (SSSR count). The number of nitrogens with one attached hydrogen (secondary N) is 1. The second-order valence-electron chi connectivity index (χ2n) is 6.40. The van der Waals surface area contributed by atoms with E-state index < -0.39 is 5.54 Å². The number of hydrogen-bond acceptors (Lipinski definition) is 4. The zero-order valence-corrected chi connectivity index (χ0v) is 12.2. The molecule has 0 radical (unpaired) electrons. The third-order valence-electron chi connectivity index (χ3n) is 4.54. The van der Waals surface area contributed by atoms with Crippen molar-refractivity contribution >= 4 is 11.9 Å². The lowest BCUT2D eigenvalue weighted by Gasteiger charge is -2.24. The van der Waals surface area contributed by atoms with Gasteiger partial charge in [0.15, 0.2) is 0 Å². The Labute approximate surface area is 119 Å². The van der Waals surface area contributed by atoms with Crippen molar-refractivity contribution < 1.29 is 14.3 Å². The normalized spacial score (nSPS) is 34.8. The first-order chi connectivity index (χ1) is 9.52. The Morgan fingerprint density at radius 2 is 2.25 bits per heavy atom. The van der Waals surface area contributed by atoms with Crippen molar-refractivity contribution in [3.05, 3.63) is 0 Å². The summed E-state index contributed by atoms with van der Waals surface area (Å²) in [5, 5.41) is 2.92. The summed E-state index contributed by atoms with van der Waals surface area (Å²) in [7, 11) is 0. The zero-order valence-electron chi connectivity index (χ0n) is 12.2. The molecule has 0 aliphatic carbocycles. The number of carbonyl (C=O) groups excluding carboxylic acids is 2. The minimum atomic E-state index is -0.694. The monoisotopic (exact) mass is 281 g/mol. The summed E-state index contributed by atoms with van der Waals surface area (Å²) in [5.74, 6) is -0.0626. The van der Waals surface area contributed by atoms with E-state index in [9.17, 15) is 9.59 Å². The van der Waals surface area contributed by atoms with Crippen LogP contribution < -0.4 is 5.32 Å². The van der Waals surface area contributed by atoms with Gasteiger partial charge in [0.2, 0.25) is 0 Å². The van der Waals surface area contributed by atoms with Crippen LogP contribution in [0.4, 0.5) is 4.79 Å². The van der Waals surface area contributed by atoms with E-state index in [1.807, 2.05) is 13.8 Å². The molecule has 6 nitrogen and oxygen atoms in total. The Bertz CT molecular complexity index is 420. The SMILES string of the molecule is CC(C)N1C(=O)N[C@]2(CCN(C[C@H]3CCCO3)C2)C1=O. The third-order valence-corrected chi connectivity index (χ3v) is 4.54. The van der Waals surface area contributed by atoms with Gasteiger partial charge in [-0.1, -0.05) is 0 Å². The van der Waals surface area contributed by atoms with Crippen LogP contribution >= 0.6 is 0 Å². The maximum absolute atomic E-state index is 12.5. The van der Waals surface area contributed by atoms with Gasteiger partial charge in [-0.25, -0.2) is 4.79 Å². The van der Waals surface area contributed by atoms with E-state index in [4.69, 9.17) is 4.74 Å². The van der Waals surface area contributed by atoms with Crippen LogP contribution in [-0.4, -0.2) is 65.7 Å². The predicted octanol–water partition coefficient (Wildman–Crippen LogP) is 0.570. The minimum Gasteiger partial charge on any atom is -0.377 e. The molecule has 0 unspecified atom stereocenters. The fourth-order valence-corrected chi connectivity index (χ4v) is 3.51. The maximum atomic E-state index is 12.5. The largest absolute Gasteiger partial charge is 0.377 e. The van der Waals surface area contributed by atoms with Crippen LogP contribution in [0, 0.1) is 0 Å². The van der Waals surface area contributed by atoms with Crippen LogP contribution in [0.2, 0.25) is 0 Å². The highest BCUT2D eigenvalue weighted by Crippen LogP contribution is 2.30. The number of hydrogen-bond donors (Lipinski definition) is 1. The molecule has 1 N–H and O–H groups in total. The number of imide groups is 1. The number of urea groups is 1. The summed E-state index contributed by atoms with van der Waals surface area (Å²) >= 11 is 0. The quantitative estimate of drug-likeness (QED) is 0.768. The molecule has 0 bridgehead atoms. The summed E-state index contributed by atoms with van der Waals surface area (Å²) in [6.45, 7) is 6.91. The highest BCUT2D eigenvalue weighted by molar-refractivity contribution is 6.07. The van der Waals surface area contributed by atoms with Gasteiger partial charge in [0, 0.05) is 32.3 Å². The number of likely N-dealkylation sites (tertiary alicyclic amines) is 1. The summed E-state index contributed by atoms with van der Waals surface area (Å²) in [6, 6.07) is -0.335. The van der Waals surface area contributed by atoms with Gasteiger partial charge >= 0.3 is 6.03 Å². The van der Waals surface area contributed by atoms with Gasteiger partial charge < -0.3 is 10.1 Å². The molecule has 0 aromatic heterocycles. The summed E-state index contributed by atoms with van der Waals surface area (Å²) in [5.41, 5.74) is -0.694. The van der Waals surface area contributed by atoms with Gasteiger partial charge in [-0.3, -0.25) is 14.6 Å². The molecule has 3 aliphatic heterocycles. The molecule has 3 saturated heterocycles. The molecule has 6 heteroatoms. The van der Waals surface area contributed by atoms with E-state index in [-0.39, 0.29) is 18.0 Å². The van der Waals surface area contributed by atoms with E-state index in [2.05, 4.69) is 10.2 Å². The summed E-state index contributed by atoms with van der Waals surface area (Å²) < 4.78 is 5.65. The average molecular weight is 281 g/mol. The van der Waals surface area contributed by atoms with E-state index in [1.54, 1.807) is 0 Å². The van der Waals surface area contributed by atoms with Crippen molar-refractivity contribution in [2.45, 2.75) is 50.8 Å². The number of carbonyl (C=O) groups is 2. The Balaban J connectivity index is 1.66. The molecule has 1 spiro atoms. The van der Waals surface area contributed by atoms with Crippen molar-refractivity contribution in [3.8, 4) is 0 Å². The van der Waals surface area contributed by atoms with Crippen molar-refractivity contribution in [1.29, 1.82) is 0 Å². The number of ether oxygens (including phenoxy) is 1. The minimum absolute atomic E-state index is 0.0626. The summed E-state index contributed by atoms with van der Waals surface area (Å²) in [6.07, 6.45) is 3.22. The van der Waals surface area contributed by atoms with E-state index in [1.165, 1.54) is 4.90 Å². The molecule has 3 aliphatic rings. The molecule has 112 valence electrons. The zero-order chi connectivity index (χ0) is 14.3. The highest BCUT2D eigenvalue weighted by Gasteiger charge is 2.55. The topological polar surface area (TPSA) is 61.9 Å². The Morgan fingerprint density at radius 3 is 2.85 bits per heavy atom. The first-order valence-corrected chi connectivity index (χ1v) is 7.52. The van der Waals surface area contributed by atoms with Gasteiger partial charge in [0.25, 0.3) is 5.91 Å². The number of nitrogens with zero attached hydrogens (tertiary/aromatic N) is 2. The number of rotatable bonds is 3. The molecular weight excluding hydrogens is 258 g/mol. The fourth-order valence-electron chi connectivity index (χ4n) is 3.51. The smallest absolute Gasteiger partial charge is 0.325 e. The average Bonchev–Trinajstić information content (AvgIpc) is 3.04. The fraction of sp³-hybridized carbons (Fsp3) is 0.857. The third kappa shape index (κ3) is 2.20. The van der Waals surface area contributed by atoms with Crippen molar-refractivity contribution in [3.63, 3.8) is 0 Å². The van der Waals surface area contributed by atoms with Crippen molar-refractivity contribution in [2.75, 3.05) is 26.2 Å². The lowest BCUT2D eigenvalue weighted by Crippen LogP contribution is -2.50. The number of amides is 3. The van der Waals surface area contributed by atoms with Gasteiger partial charge in [0.1, 0.15) is 5.54 Å². The molecule has 0 saturated carbocycles. The standard InChI is InChI=1S/C14H23N3O3/c1-10(2)17-12(18)14(15-13(17)19)5-6-16(9-14)8-11-4-3-7-20-11/h10-11H,3-9H2,1-2H3,(H,15,19)/t11-,14+/m1/s1. The lowest BCUT2D eigenvalue weighted by molar-refractivity contribution is -0.132. The first-order valence-electron chi connectivity index (χ1n) is 7.52. The highest BCUT2D eigenvalue weighted by atomic mass is 16.5. The van der Waals surface area contributed by atoms with Crippen LogP contribution in [0.3, 0.4) is 0 Å². The van der Waals surface area contributed by atoms with Gasteiger partial charge in [-0.05, 0) is 33.1 Å². The van der Waals surface area contributed by atoms with Gasteiger partial charge in [-0.2, -0.15) is 0 Å². The molecule has 20 heavy (non-hydrogen) atoms. The van der Waals surface area contributed by atoms with Crippen molar-refractivity contribution in [1.82, 2.24) is 15.1 Å². The molecule has 0 aromatic rings. The van der Waals surface area contributed by atoms with Gasteiger partial charge in [-0.15, -0.1) is 0 Å². The second-order valence-corrected chi connectivity index (χ2v) is 6.40. The van der Waals surface area contributed by atoms with Crippen LogP contribution in [0.5, 0.6) is 0 Å². The van der Waals surface area contributed by atoms with Crippen LogP contribution in [0.1, 0.15) is 33.1 Å². The first kappa shape index (κ1) is 13.8. The molecule has 0 aromatic carbocycles. The molecule has 3 heterocycles. The lowest BCUT2D eigenvalue weighted by atomic mass is 9.98.